The highest BCUT2D eigenvalue weighted by Crippen LogP contribution is 2.38. The van der Waals surface area contributed by atoms with Crippen LogP contribution in [0.15, 0.2) is 12.2 Å². The highest BCUT2D eigenvalue weighted by Gasteiger charge is 2.51. The van der Waals surface area contributed by atoms with E-state index in [0.29, 0.717) is 0 Å². The van der Waals surface area contributed by atoms with E-state index in [9.17, 15) is 35.4 Å². The van der Waals surface area contributed by atoms with Gasteiger partial charge in [-0.05, 0) is 18.8 Å². The number of hydrogen-bond acceptors (Lipinski definition) is 12. The molecule has 0 aliphatic carbocycles. The van der Waals surface area contributed by atoms with E-state index >= 15 is 0 Å². The zero-order valence-corrected chi connectivity index (χ0v) is 24.6. The molecular formula is C28H50N2O11. The fourth-order valence-corrected chi connectivity index (χ4v) is 5.41. The minimum absolute atomic E-state index is 0.0546. The molecule has 0 aromatic rings. The Hall–Kier alpha value is -1.23. The van der Waals surface area contributed by atoms with Crippen LogP contribution in [0.3, 0.4) is 0 Å². The molecule has 0 aromatic heterocycles. The van der Waals surface area contributed by atoms with Crippen LogP contribution < -0.4 is 11.1 Å². The van der Waals surface area contributed by atoms with Gasteiger partial charge in [-0.2, -0.15) is 0 Å². The fraction of sp³-hybridized carbons (Fsp3) is 0.893. The number of nitrogens with one attached hydrogen (secondary N) is 1. The molecule has 1 amide bonds. The van der Waals surface area contributed by atoms with Gasteiger partial charge in [0.1, 0.15) is 6.10 Å². The number of aliphatic hydroxyl groups is 6. The van der Waals surface area contributed by atoms with E-state index in [1.165, 1.54) is 0 Å². The van der Waals surface area contributed by atoms with Crippen molar-refractivity contribution in [2.75, 3.05) is 13.2 Å². The van der Waals surface area contributed by atoms with Crippen LogP contribution in [0, 0.1) is 17.8 Å². The van der Waals surface area contributed by atoms with Crippen LogP contribution in [0.4, 0.5) is 0 Å². The fourth-order valence-electron chi connectivity index (χ4n) is 5.41. The molecule has 13 heteroatoms. The molecular weight excluding hydrogens is 540 g/mol. The van der Waals surface area contributed by atoms with Gasteiger partial charge in [0.2, 0.25) is 5.91 Å². The highest BCUT2D eigenvalue weighted by atomic mass is 16.7. The monoisotopic (exact) mass is 590 g/mol. The third kappa shape index (κ3) is 8.89. The van der Waals surface area contributed by atoms with Crippen LogP contribution in [0.2, 0.25) is 0 Å². The van der Waals surface area contributed by atoms with Crippen molar-refractivity contribution < 1.29 is 54.4 Å². The molecule has 13 atom stereocenters. The van der Waals surface area contributed by atoms with Gasteiger partial charge in [0.15, 0.2) is 12.1 Å². The van der Waals surface area contributed by atoms with E-state index in [2.05, 4.69) is 5.32 Å². The first-order chi connectivity index (χ1) is 19.1. The lowest BCUT2D eigenvalue weighted by Crippen LogP contribution is -2.62. The van der Waals surface area contributed by atoms with Gasteiger partial charge in [-0.1, -0.05) is 39.8 Å². The summed E-state index contributed by atoms with van der Waals surface area (Å²) >= 11 is 0. The summed E-state index contributed by atoms with van der Waals surface area (Å²) in [5.74, 6) is -3.78. The summed E-state index contributed by atoms with van der Waals surface area (Å²) in [5.41, 5.74) is 5.98. The zero-order valence-electron chi connectivity index (χ0n) is 24.6. The number of carbonyl (C=O) groups excluding carboxylic acids is 1. The molecule has 0 saturated carbocycles. The molecule has 0 radical (unpaired) electrons. The molecule has 3 aliphatic heterocycles. The van der Waals surface area contributed by atoms with E-state index in [1.807, 2.05) is 19.9 Å². The van der Waals surface area contributed by atoms with E-state index in [-0.39, 0.29) is 44.3 Å². The molecule has 5 unspecified atom stereocenters. The van der Waals surface area contributed by atoms with E-state index in [4.69, 9.17) is 24.7 Å². The Morgan fingerprint density at radius 1 is 1.10 bits per heavy atom. The minimum atomic E-state index is -1.94. The Morgan fingerprint density at radius 2 is 1.78 bits per heavy atom. The second-order valence-corrected chi connectivity index (χ2v) is 12.4. The maximum Gasteiger partial charge on any atom is 0.228 e. The largest absolute Gasteiger partial charge is 0.393 e. The van der Waals surface area contributed by atoms with Crippen molar-refractivity contribution in [3.63, 3.8) is 0 Å². The second-order valence-electron chi connectivity index (χ2n) is 12.4. The van der Waals surface area contributed by atoms with Crippen molar-refractivity contribution in [1.29, 1.82) is 0 Å². The molecule has 3 rings (SSSR count). The number of aliphatic hydroxyl groups excluding tert-OH is 5. The van der Waals surface area contributed by atoms with Crippen molar-refractivity contribution >= 4 is 5.91 Å². The average Bonchev–Trinajstić information content (AvgIpc) is 3.27. The maximum atomic E-state index is 13.5. The van der Waals surface area contributed by atoms with Crippen LogP contribution >= 0.6 is 0 Å². The summed E-state index contributed by atoms with van der Waals surface area (Å²) in [7, 11) is 0. The molecule has 13 nitrogen and oxygen atoms in total. The lowest BCUT2D eigenvalue weighted by molar-refractivity contribution is -0.307. The SMILES string of the molecule is CC(C)/C=C/[C@@H](C[C@@H]1O[C@](O)(C[C@@H](O)C(C)C)C[C@H](O)[C@H]1C(=O)N[C@H]1COC[C@@H]1O)OC1OC(C)C(O)C(N)C1O. The average molecular weight is 591 g/mol. The van der Waals surface area contributed by atoms with Crippen LogP contribution in [0.5, 0.6) is 0 Å². The van der Waals surface area contributed by atoms with Crippen LogP contribution in [-0.4, -0.2) is 123 Å². The van der Waals surface area contributed by atoms with Crippen molar-refractivity contribution in [2.24, 2.45) is 23.5 Å². The lowest BCUT2D eigenvalue weighted by Gasteiger charge is -2.46. The van der Waals surface area contributed by atoms with Crippen LogP contribution in [-0.2, 0) is 23.7 Å². The normalized spacial score (nSPS) is 41.7. The van der Waals surface area contributed by atoms with Gasteiger partial charge in [0.25, 0.3) is 0 Å². The first-order valence-electron chi connectivity index (χ1n) is 14.5. The van der Waals surface area contributed by atoms with Crippen molar-refractivity contribution in [2.45, 2.75) is 127 Å². The van der Waals surface area contributed by atoms with Gasteiger partial charge in [0, 0.05) is 19.3 Å². The van der Waals surface area contributed by atoms with Gasteiger partial charge in [-0.25, -0.2) is 0 Å². The Morgan fingerprint density at radius 3 is 2.37 bits per heavy atom. The Labute approximate surface area is 241 Å². The summed E-state index contributed by atoms with van der Waals surface area (Å²) in [4.78, 5) is 13.5. The molecule has 0 bridgehead atoms. The highest BCUT2D eigenvalue weighted by molar-refractivity contribution is 5.80. The summed E-state index contributed by atoms with van der Waals surface area (Å²) in [6, 6.07) is -1.69. The number of amides is 1. The molecule has 0 aromatic carbocycles. The smallest absolute Gasteiger partial charge is 0.228 e. The molecule has 3 aliphatic rings. The van der Waals surface area contributed by atoms with Gasteiger partial charge < -0.3 is 60.6 Å². The zero-order chi connectivity index (χ0) is 30.6. The summed E-state index contributed by atoms with van der Waals surface area (Å²) in [5, 5.41) is 66.7. The predicted octanol–water partition coefficient (Wildman–Crippen LogP) is -1.49. The number of allylic oxidation sites excluding steroid dienone is 1. The van der Waals surface area contributed by atoms with E-state index in [0.717, 1.165) is 0 Å². The van der Waals surface area contributed by atoms with Gasteiger partial charge >= 0.3 is 0 Å². The standard InChI is InChI=1S/C28H50N2O11/c1-13(2)6-7-16(40-27-25(35)23(29)24(34)15(5)39-27)8-21-22(26(36)30-17-11-38-12-20(17)33)19(32)10-28(37,41-21)9-18(31)14(3)4/h6-7,13-25,27,31-35,37H,8-12,29H2,1-5H3,(H,30,36)/b7-6+/t15?,16-,17-,18+,19-,20-,21-,22+,23?,24?,25?,27?,28+/m0/s1. The van der Waals surface area contributed by atoms with Gasteiger partial charge in [-0.15, -0.1) is 0 Å². The van der Waals surface area contributed by atoms with Crippen molar-refractivity contribution in [1.82, 2.24) is 5.32 Å². The quantitative estimate of drug-likeness (QED) is 0.129. The Bertz CT molecular complexity index is 876. The molecule has 3 heterocycles. The summed E-state index contributed by atoms with van der Waals surface area (Å²) < 4.78 is 23.1. The summed E-state index contributed by atoms with van der Waals surface area (Å²) in [6.45, 7) is 9.26. The topological polar surface area (TPSA) is 213 Å². The first kappa shape index (κ1) is 34.3. The Kier molecular flexibility index (Phi) is 12.1. The molecule has 0 spiro atoms. The van der Waals surface area contributed by atoms with Crippen molar-refractivity contribution in [3.05, 3.63) is 12.2 Å². The number of ether oxygens (including phenoxy) is 4. The molecule has 41 heavy (non-hydrogen) atoms. The van der Waals surface area contributed by atoms with Gasteiger partial charge in [0.05, 0.1) is 73.9 Å². The lowest BCUT2D eigenvalue weighted by atomic mass is 9.81. The molecule has 3 saturated heterocycles. The van der Waals surface area contributed by atoms with Gasteiger partial charge in [-0.3, -0.25) is 4.79 Å². The second kappa shape index (κ2) is 14.5. The third-order valence-corrected chi connectivity index (χ3v) is 8.07. The maximum absolute atomic E-state index is 13.5. The number of carbonyl (C=O) groups is 1. The van der Waals surface area contributed by atoms with Crippen LogP contribution in [0.25, 0.3) is 0 Å². The predicted molar refractivity (Wildman–Crippen MR) is 146 cm³/mol. The molecule has 238 valence electrons. The summed E-state index contributed by atoms with van der Waals surface area (Å²) in [6.07, 6.45) is -6.52. The van der Waals surface area contributed by atoms with E-state index < -0.39 is 84.8 Å². The molecule has 3 fully saturated rings. The minimum Gasteiger partial charge on any atom is -0.393 e. The first-order valence-corrected chi connectivity index (χ1v) is 14.5. The van der Waals surface area contributed by atoms with E-state index in [1.54, 1.807) is 26.8 Å². The number of rotatable bonds is 11. The number of nitrogens with two attached hydrogens (primary N) is 1. The van der Waals surface area contributed by atoms with Crippen LogP contribution in [0.1, 0.15) is 53.9 Å². The number of hydrogen-bond donors (Lipinski definition) is 8. The third-order valence-electron chi connectivity index (χ3n) is 8.07. The Balaban J connectivity index is 1.88. The molecule has 9 N–H and O–H groups in total. The van der Waals surface area contributed by atoms with Crippen molar-refractivity contribution in [3.8, 4) is 0 Å².